The number of benzene rings is 1. The van der Waals surface area contributed by atoms with E-state index in [1.54, 1.807) is 18.2 Å². The zero-order chi connectivity index (χ0) is 17.1. The third kappa shape index (κ3) is 8.06. The first kappa shape index (κ1) is 19.5. The molecular formula is C16H27ClN4O2. The van der Waals surface area contributed by atoms with Crippen molar-refractivity contribution in [2.45, 2.75) is 19.8 Å². The van der Waals surface area contributed by atoms with E-state index in [2.05, 4.69) is 15.5 Å². The summed E-state index contributed by atoms with van der Waals surface area (Å²) in [5.41, 5.74) is 6.12. The first-order valence-corrected chi connectivity index (χ1v) is 8.30. The molecule has 7 heteroatoms. The number of anilines is 1. The van der Waals surface area contributed by atoms with Crippen LogP contribution in [0.4, 0.5) is 10.5 Å². The van der Waals surface area contributed by atoms with Crippen molar-refractivity contribution >= 4 is 23.3 Å². The van der Waals surface area contributed by atoms with E-state index >= 15 is 0 Å². The van der Waals surface area contributed by atoms with Crippen LogP contribution >= 0.6 is 11.6 Å². The number of carbonyl (C=O) groups is 1. The number of hydrogen-bond acceptors (Lipinski definition) is 4. The van der Waals surface area contributed by atoms with Gasteiger partial charge in [0, 0.05) is 25.3 Å². The second-order valence-electron chi connectivity index (χ2n) is 5.26. The summed E-state index contributed by atoms with van der Waals surface area (Å²) in [5.74, 6) is 0.613. The van der Waals surface area contributed by atoms with E-state index in [0.29, 0.717) is 36.2 Å². The molecule has 0 saturated carbocycles. The summed E-state index contributed by atoms with van der Waals surface area (Å²) in [6.07, 6.45) is 1.94. The van der Waals surface area contributed by atoms with Crippen LogP contribution in [0.3, 0.4) is 0 Å². The van der Waals surface area contributed by atoms with E-state index in [1.165, 1.54) is 0 Å². The lowest BCUT2D eigenvalue weighted by Gasteiger charge is -2.15. The Morgan fingerprint density at radius 2 is 2.13 bits per heavy atom. The predicted molar refractivity (Wildman–Crippen MR) is 95.4 cm³/mol. The summed E-state index contributed by atoms with van der Waals surface area (Å²) in [6, 6.07) is 4.95. The van der Waals surface area contributed by atoms with Gasteiger partial charge in [-0.2, -0.15) is 0 Å². The van der Waals surface area contributed by atoms with Crippen molar-refractivity contribution in [3.63, 3.8) is 0 Å². The molecule has 130 valence electrons. The molecule has 0 saturated heterocycles. The first-order chi connectivity index (χ1) is 11.1. The lowest BCUT2D eigenvalue weighted by atomic mass is 10.3. The number of amides is 2. The van der Waals surface area contributed by atoms with Gasteiger partial charge >= 0.3 is 6.03 Å². The van der Waals surface area contributed by atoms with Crippen molar-refractivity contribution < 1.29 is 9.53 Å². The lowest BCUT2D eigenvalue weighted by molar-refractivity contribution is 0.251. The molecule has 0 spiro atoms. The molecule has 4 N–H and O–H groups in total. The van der Waals surface area contributed by atoms with Crippen LogP contribution in [0.25, 0.3) is 0 Å². The summed E-state index contributed by atoms with van der Waals surface area (Å²) < 4.78 is 5.35. The Hall–Kier alpha value is -1.50. The predicted octanol–water partition coefficient (Wildman–Crippen LogP) is 2.53. The third-order valence-corrected chi connectivity index (χ3v) is 3.55. The number of ether oxygens (including phenoxy) is 1. The van der Waals surface area contributed by atoms with Gasteiger partial charge in [-0.3, -0.25) is 0 Å². The van der Waals surface area contributed by atoms with E-state index in [-0.39, 0.29) is 6.03 Å². The van der Waals surface area contributed by atoms with Crippen molar-refractivity contribution in [1.82, 2.24) is 10.2 Å². The molecule has 23 heavy (non-hydrogen) atoms. The molecule has 0 radical (unpaired) electrons. The Morgan fingerprint density at radius 1 is 1.35 bits per heavy atom. The van der Waals surface area contributed by atoms with Gasteiger partial charge in [-0.1, -0.05) is 11.6 Å². The van der Waals surface area contributed by atoms with Gasteiger partial charge in [0.05, 0.1) is 11.6 Å². The van der Waals surface area contributed by atoms with Crippen LogP contribution in [0.5, 0.6) is 5.75 Å². The van der Waals surface area contributed by atoms with E-state index in [1.807, 2.05) is 14.0 Å². The van der Waals surface area contributed by atoms with Crippen LogP contribution in [0.2, 0.25) is 5.02 Å². The topological polar surface area (TPSA) is 79.6 Å². The molecule has 1 aromatic rings. The van der Waals surface area contributed by atoms with Gasteiger partial charge < -0.3 is 26.0 Å². The molecule has 2 amide bonds. The average Bonchev–Trinajstić information content (AvgIpc) is 2.50. The van der Waals surface area contributed by atoms with Crippen molar-refractivity contribution in [2.75, 3.05) is 45.2 Å². The summed E-state index contributed by atoms with van der Waals surface area (Å²) in [7, 11) is 2.04. The molecule has 1 aromatic carbocycles. The van der Waals surface area contributed by atoms with Crippen LogP contribution in [0.1, 0.15) is 19.8 Å². The van der Waals surface area contributed by atoms with Crippen molar-refractivity contribution in [3.05, 3.63) is 23.2 Å². The highest BCUT2D eigenvalue weighted by atomic mass is 35.5. The lowest BCUT2D eigenvalue weighted by Crippen LogP contribution is -2.30. The van der Waals surface area contributed by atoms with Crippen LogP contribution in [-0.2, 0) is 0 Å². The number of nitrogens with one attached hydrogen (secondary N) is 2. The Kier molecular flexibility index (Phi) is 9.43. The fourth-order valence-electron chi connectivity index (χ4n) is 2.07. The number of halogens is 1. The average molecular weight is 343 g/mol. The normalized spacial score (nSPS) is 10.7. The van der Waals surface area contributed by atoms with Crippen molar-refractivity contribution in [2.24, 2.45) is 5.73 Å². The van der Waals surface area contributed by atoms with E-state index in [4.69, 9.17) is 22.1 Å². The molecular weight excluding hydrogens is 316 g/mol. The standard InChI is InChI=1S/C16H27ClN4O2/c1-3-23-15-7-6-13(12-14(15)17)20-16(22)19-9-4-5-10-21(2)11-8-18/h6-7,12H,3-5,8-11,18H2,1-2H3,(H2,19,20,22). The maximum absolute atomic E-state index is 11.8. The smallest absolute Gasteiger partial charge is 0.319 e. The van der Waals surface area contributed by atoms with E-state index in [0.717, 1.165) is 25.9 Å². The van der Waals surface area contributed by atoms with Crippen LogP contribution in [0.15, 0.2) is 18.2 Å². The zero-order valence-corrected chi connectivity index (χ0v) is 14.7. The summed E-state index contributed by atoms with van der Waals surface area (Å²) >= 11 is 6.08. The van der Waals surface area contributed by atoms with Gasteiger partial charge in [0.15, 0.2) is 0 Å². The fourth-order valence-corrected chi connectivity index (χ4v) is 2.30. The molecule has 0 bridgehead atoms. The number of hydrogen-bond donors (Lipinski definition) is 3. The molecule has 6 nitrogen and oxygen atoms in total. The molecule has 0 aliphatic carbocycles. The van der Waals surface area contributed by atoms with Gasteiger partial charge in [-0.05, 0) is 51.6 Å². The highest BCUT2D eigenvalue weighted by Crippen LogP contribution is 2.27. The van der Waals surface area contributed by atoms with Crippen molar-refractivity contribution in [3.8, 4) is 5.75 Å². The fraction of sp³-hybridized carbons (Fsp3) is 0.562. The largest absolute Gasteiger partial charge is 0.492 e. The van der Waals surface area contributed by atoms with Crippen LogP contribution < -0.4 is 21.1 Å². The number of rotatable bonds is 10. The Bertz CT molecular complexity index is 485. The van der Waals surface area contributed by atoms with Gasteiger partial charge in [-0.25, -0.2) is 4.79 Å². The highest BCUT2D eigenvalue weighted by Gasteiger charge is 2.05. The molecule has 1 rings (SSSR count). The molecule has 0 aromatic heterocycles. The number of nitrogens with two attached hydrogens (primary N) is 1. The molecule has 0 aliphatic rings. The van der Waals surface area contributed by atoms with E-state index < -0.39 is 0 Å². The molecule has 0 atom stereocenters. The van der Waals surface area contributed by atoms with Crippen molar-refractivity contribution in [1.29, 1.82) is 0 Å². The monoisotopic (exact) mass is 342 g/mol. The quantitative estimate of drug-likeness (QED) is 0.571. The minimum absolute atomic E-state index is 0.236. The maximum atomic E-state index is 11.8. The second kappa shape index (κ2) is 11.1. The third-order valence-electron chi connectivity index (χ3n) is 3.25. The minimum atomic E-state index is -0.236. The molecule has 0 fully saturated rings. The SMILES string of the molecule is CCOc1ccc(NC(=O)NCCCCN(C)CCN)cc1Cl. The Labute approximate surface area is 143 Å². The Balaban J connectivity index is 2.25. The van der Waals surface area contributed by atoms with Gasteiger partial charge in [0.25, 0.3) is 0 Å². The van der Waals surface area contributed by atoms with Crippen LogP contribution in [0, 0.1) is 0 Å². The highest BCUT2D eigenvalue weighted by molar-refractivity contribution is 6.32. The van der Waals surface area contributed by atoms with Crippen LogP contribution in [-0.4, -0.2) is 50.8 Å². The maximum Gasteiger partial charge on any atom is 0.319 e. The summed E-state index contributed by atoms with van der Waals surface area (Å²) in [6.45, 7) is 5.62. The number of nitrogens with zero attached hydrogens (tertiary/aromatic N) is 1. The van der Waals surface area contributed by atoms with Gasteiger partial charge in [0.2, 0.25) is 0 Å². The summed E-state index contributed by atoms with van der Waals surface area (Å²) in [5, 5.41) is 6.06. The molecule has 0 unspecified atom stereocenters. The Morgan fingerprint density at radius 3 is 2.78 bits per heavy atom. The second-order valence-corrected chi connectivity index (χ2v) is 5.67. The van der Waals surface area contributed by atoms with Gasteiger partial charge in [0.1, 0.15) is 5.75 Å². The van der Waals surface area contributed by atoms with Gasteiger partial charge in [-0.15, -0.1) is 0 Å². The number of likely N-dealkylation sites (N-methyl/N-ethyl adjacent to an activating group) is 1. The number of carbonyl (C=O) groups excluding carboxylic acids is 1. The number of urea groups is 1. The molecule has 0 aliphatic heterocycles. The summed E-state index contributed by atoms with van der Waals surface area (Å²) in [4.78, 5) is 14.0. The zero-order valence-electron chi connectivity index (χ0n) is 13.9. The minimum Gasteiger partial charge on any atom is -0.492 e. The number of unbranched alkanes of at least 4 members (excludes halogenated alkanes) is 1. The van der Waals surface area contributed by atoms with E-state index in [9.17, 15) is 4.79 Å². The first-order valence-electron chi connectivity index (χ1n) is 7.92. The molecule has 0 heterocycles.